The summed E-state index contributed by atoms with van der Waals surface area (Å²) in [5.74, 6) is 0.279. The molecule has 2 aliphatic heterocycles. The molecule has 1 aromatic heterocycles. The number of para-hydroxylation sites is 1. The number of carbonyl (C=O) groups is 2. The maximum absolute atomic E-state index is 13.6. The Labute approximate surface area is 177 Å². The molecule has 0 unspecified atom stereocenters. The summed E-state index contributed by atoms with van der Waals surface area (Å²) in [6.45, 7) is 0.344. The van der Waals surface area contributed by atoms with E-state index >= 15 is 0 Å². The monoisotopic (exact) mass is 416 g/mol. The highest BCUT2D eigenvalue weighted by Gasteiger charge is 2.54. The number of nitrogens with zero attached hydrogens (tertiary/aromatic N) is 1. The molecule has 6 rings (SSSR count). The Kier molecular flexibility index (Phi) is 3.78. The van der Waals surface area contributed by atoms with Crippen LogP contribution in [0.4, 0.5) is 4.79 Å². The molecular weight excluding hydrogens is 396 g/mol. The Morgan fingerprint density at radius 3 is 2.71 bits per heavy atom. The summed E-state index contributed by atoms with van der Waals surface area (Å²) < 4.78 is 11.1. The number of amides is 3. The van der Waals surface area contributed by atoms with E-state index in [0.717, 1.165) is 24.6 Å². The SMILES string of the molecule is O=C1N[C@@]2(CCOc3ccccc32)C(=O)N1Cc1cc(=O)oc2cc3c(cc12)CCC3. The number of benzene rings is 2. The van der Waals surface area contributed by atoms with Crippen LogP contribution in [0.5, 0.6) is 5.75 Å². The van der Waals surface area contributed by atoms with Gasteiger partial charge in [0, 0.05) is 23.4 Å². The van der Waals surface area contributed by atoms with Crippen molar-refractivity contribution in [3.63, 3.8) is 0 Å². The van der Waals surface area contributed by atoms with Gasteiger partial charge in [0.1, 0.15) is 11.3 Å². The van der Waals surface area contributed by atoms with E-state index in [1.54, 1.807) is 6.07 Å². The fraction of sp³-hybridized carbons (Fsp3) is 0.292. The molecule has 0 bridgehead atoms. The molecule has 7 nitrogen and oxygen atoms in total. The fourth-order valence-electron chi connectivity index (χ4n) is 5.11. The number of rotatable bonds is 2. The van der Waals surface area contributed by atoms with E-state index in [-0.39, 0.29) is 12.5 Å². The standard InChI is InChI=1S/C24H20N2O5/c27-21-12-16(17-10-14-4-3-5-15(14)11-20(17)31-21)13-26-22(28)24(25-23(26)29)8-9-30-19-7-2-1-6-18(19)24/h1-2,6-7,10-12H,3-5,8-9,13H2,(H,25,29)/t24-/m1/s1. The zero-order valence-corrected chi connectivity index (χ0v) is 16.8. The summed E-state index contributed by atoms with van der Waals surface area (Å²) in [7, 11) is 0. The normalized spacial score (nSPS) is 21.9. The lowest BCUT2D eigenvalue weighted by molar-refractivity contribution is -0.133. The largest absolute Gasteiger partial charge is 0.493 e. The van der Waals surface area contributed by atoms with Gasteiger partial charge < -0.3 is 14.5 Å². The molecule has 0 radical (unpaired) electrons. The van der Waals surface area contributed by atoms with Crippen LogP contribution >= 0.6 is 0 Å². The number of hydrogen-bond acceptors (Lipinski definition) is 5. The Balaban J connectivity index is 1.42. The van der Waals surface area contributed by atoms with Gasteiger partial charge in [0.15, 0.2) is 5.54 Å². The van der Waals surface area contributed by atoms with E-state index in [9.17, 15) is 14.4 Å². The van der Waals surface area contributed by atoms with Gasteiger partial charge in [-0.3, -0.25) is 9.69 Å². The predicted molar refractivity (Wildman–Crippen MR) is 112 cm³/mol. The lowest BCUT2D eigenvalue weighted by Gasteiger charge is -2.33. The average molecular weight is 416 g/mol. The molecule has 31 heavy (non-hydrogen) atoms. The zero-order valence-electron chi connectivity index (χ0n) is 16.8. The lowest BCUT2D eigenvalue weighted by atomic mass is 9.84. The van der Waals surface area contributed by atoms with Crippen molar-refractivity contribution in [3.05, 3.63) is 75.1 Å². The van der Waals surface area contributed by atoms with E-state index in [4.69, 9.17) is 9.15 Å². The van der Waals surface area contributed by atoms with Crippen molar-refractivity contribution in [2.45, 2.75) is 37.8 Å². The first-order chi connectivity index (χ1) is 15.0. The fourth-order valence-corrected chi connectivity index (χ4v) is 5.11. The van der Waals surface area contributed by atoms with Gasteiger partial charge in [0.2, 0.25) is 0 Å². The van der Waals surface area contributed by atoms with Gasteiger partial charge in [-0.05, 0) is 54.2 Å². The first kappa shape index (κ1) is 18.2. The predicted octanol–water partition coefficient (Wildman–Crippen LogP) is 3.01. The van der Waals surface area contributed by atoms with Crippen LogP contribution in [0.2, 0.25) is 0 Å². The second-order valence-electron chi connectivity index (χ2n) is 8.38. The lowest BCUT2D eigenvalue weighted by Crippen LogP contribution is -2.47. The van der Waals surface area contributed by atoms with Crippen molar-refractivity contribution in [1.29, 1.82) is 0 Å². The minimum atomic E-state index is -1.14. The second kappa shape index (κ2) is 6.44. The van der Waals surface area contributed by atoms with Crippen molar-refractivity contribution in [3.8, 4) is 5.75 Å². The molecular formula is C24H20N2O5. The summed E-state index contributed by atoms with van der Waals surface area (Å²) in [5, 5.41) is 3.68. The van der Waals surface area contributed by atoms with Gasteiger partial charge in [0.05, 0.1) is 13.2 Å². The molecule has 0 saturated carbocycles. The Hall–Kier alpha value is -3.61. The number of imide groups is 1. The summed E-state index contributed by atoms with van der Waals surface area (Å²) in [5.41, 5.74) is 2.58. The van der Waals surface area contributed by atoms with Gasteiger partial charge in [-0.1, -0.05) is 18.2 Å². The molecule has 1 N–H and O–H groups in total. The first-order valence-corrected chi connectivity index (χ1v) is 10.5. The van der Waals surface area contributed by atoms with Gasteiger partial charge >= 0.3 is 11.7 Å². The molecule has 1 saturated heterocycles. The van der Waals surface area contributed by atoms with Crippen molar-refractivity contribution < 1.29 is 18.7 Å². The van der Waals surface area contributed by atoms with Gasteiger partial charge in [-0.15, -0.1) is 0 Å². The third-order valence-electron chi connectivity index (χ3n) is 6.63. The van der Waals surface area contributed by atoms with Gasteiger partial charge in [-0.25, -0.2) is 9.59 Å². The van der Waals surface area contributed by atoms with Crippen LogP contribution < -0.4 is 15.7 Å². The molecule has 7 heteroatoms. The second-order valence-corrected chi connectivity index (χ2v) is 8.38. The minimum absolute atomic E-state index is 0.0102. The third-order valence-corrected chi connectivity index (χ3v) is 6.63. The molecule has 3 heterocycles. The molecule has 1 atom stereocenters. The van der Waals surface area contributed by atoms with Crippen LogP contribution in [0.1, 0.15) is 35.1 Å². The molecule has 1 aliphatic carbocycles. The molecule has 1 spiro atoms. The number of hydrogen-bond donors (Lipinski definition) is 1. The van der Waals surface area contributed by atoms with Crippen LogP contribution in [0.3, 0.4) is 0 Å². The minimum Gasteiger partial charge on any atom is -0.493 e. The van der Waals surface area contributed by atoms with Crippen LogP contribution in [-0.4, -0.2) is 23.4 Å². The Morgan fingerprint density at radius 2 is 1.84 bits per heavy atom. The van der Waals surface area contributed by atoms with Crippen LogP contribution in [-0.2, 0) is 29.7 Å². The molecule has 1 fully saturated rings. The topological polar surface area (TPSA) is 88.9 Å². The smallest absolute Gasteiger partial charge is 0.336 e. The number of aryl methyl sites for hydroxylation is 2. The maximum atomic E-state index is 13.6. The zero-order chi connectivity index (χ0) is 21.2. The van der Waals surface area contributed by atoms with Crippen LogP contribution in [0, 0.1) is 0 Å². The van der Waals surface area contributed by atoms with Crippen LogP contribution in [0.15, 0.2) is 51.7 Å². The van der Waals surface area contributed by atoms with Crippen LogP contribution in [0.25, 0.3) is 11.0 Å². The number of urea groups is 1. The number of carbonyl (C=O) groups excluding carboxylic acids is 2. The summed E-state index contributed by atoms with van der Waals surface area (Å²) in [4.78, 5) is 39.9. The molecule has 156 valence electrons. The van der Waals surface area contributed by atoms with Crippen molar-refractivity contribution in [2.24, 2.45) is 0 Å². The highest BCUT2D eigenvalue weighted by atomic mass is 16.5. The summed E-state index contributed by atoms with van der Waals surface area (Å²) >= 11 is 0. The van der Waals surface area contributed by atoms with Crippen molar-refractivity contribution in [2.75, 3.05) is 6.61 Å². The summed E-state index contributed by atoms with van der Waals surface area (Å²) in [6, 6.07) is 12.1. The van der Waals surface area contributed by atoms with E-state index < -0.39 is 17.2 Å². The Bertz CT molecular complexity index is 1330. The van der Waals surface area contributed by atoms with E-state index in [2.05, 4.69) is 5.32 Å². The van der Waals surface area contributed by atoms with Crippen molar-refractivity contribution >= 4 is 22.9 Å². The van der Waals surface area contributed by atoms with Gasteiger partial charge in [0.25, 0.3) is 5.91 Å². The van der Waals surface area contributed by atoms with E-state index in [0.29, 0.717) is 35.5 Å². The van der Waals surface area contributed by atoms with E-state index in [1.807, 2.05) is 30.3 Å². The molecule has 3 aromatic rings. The number of fused-ring (bicyclic) bond motifs is 4. The third kappa shape index (κ3) is 2.62. The van der Waals surface area contributed by atoms with Gasteiger partial charge in [-0.2, -0.15) is 0 Å². The summed E-state index contributed by atoms with van der Waals surface area (Å²) in [6.07, 6.45) is 3.38. The van der Waals surface area contributed by atoms with E-state index in [1.165, 1.54) is 22.1 Å². The number of ether oxygens (including phenoxy) is 1. The average Bonchev–Trinajstić information content (AvgIpc) is 3.31. The number of nitrogens with one attached hydrogen (secondary N) is 1. The molecule has 3 amide bonds. The maximum Gasteiger partial charge on any atom is 0.336 e. The van der Waals surface area contributed by atoms with Crippen molar-refractivity contribution in [1.82, 2.24) is 10.2 Å². The Morgan fingerprint density at radius 1 is 1.03 bits per heavy atom. The quantitative estimate of drug-likeness (QED) is 0.513. The molecule has 2 aromatic carbocycles. The highest BCUT2D eigenvalue weighted by molar-refractivity contribution is 6.08. The molecule has 3 aliphatic rings. The first-order valence-electron chi connectivity index (χ1n) is 10.5. The highest BCUT2D eigenvalue weighted by Crippen LogP contribution is 2.41.